The minimum atomic E-state index is -2.34. The van der Waals surface area contributed by atoms with E-state index in [2.05, 4.69) is 0 Å². The van der Waals surface area contributed by atoms with Crippen molar-refractivity contribution in [3.8, 4) is 0 Å². The van der Waals surface area contributed by atoms with Crippen LogP contribution < -0.4 is 5.73 Å². The van der Waals surface area contributed by atoms with Crippen LogP contribution in [0.5, 0.6) is 0 Å². The Hall–Kier alpha value is 0.150. The largest absolute Gasteiger partial charge is 0.330 e. The van der Waals surface area contributed by atoms with E-state index in [1.165, 1.54) is 0 Å². The molecular formula is C8H20NO2P. The Kier molecular flexibility index (Phi) is 5.81. The zero-order chi connectivity index (χ0) is 9.61. The van der Waals surface area contributed by atoms with Crippen molar-refractivity contribution in [2.24, 2.45) is 11.7 Å². The summed E-state index contributed by atoms with van der Waals surface area (Å²) < 4.78 is 16.9. The molecule has 0 aliphatic rings. The van der Waals surface area contributed by atoms with E-state index in [0.717, 1.165) is 6.42 Å². The van der Waals surface area contributed by atoms with E-state index >= 15 is 0 Å². The van der Waals surface area contributed by atoms with E-state index in [9.17, 15) is 4.57 Å². The zero-order valence-electron chi connectivity index (χ0n) is 8.25. The van der Waals surface area contributed by atoms with Crippen molar-refractivity contribution in [1.29, 1.82) is 0 Å². The van der Waals surface area contributed by atoms with Crippen LogP contribution in [0.15, 0.2) is 0 Å². The van der Waals surface area contributed by atoms with E-state index in [4.69, 9.17) is 10.3 Å². The number of hydrogen-bond donors (Lipinski definition) is 1. The van der Waals surface area contributed by atoms with Crippen LogP contribution in [0.3, 0.4) is 0 Å². The topological polar surface area (TPSA) is 52.3 Å². The molecule has 0 radical (unpaired) electrons. The highest BCUT2D eigenvalue weighted by molar-refractivity contribution is 7.58. The van der Waals surface area contributed by atoms with Crippen LogP contribution in [0.25, 0.3) is 0 Å². The monoisotopic (exact) mass is 193 g/mol. The first kappa shape index (κ1) is 12.2. The average molecular weight is 193 g/mol. The standard InChI is InChI=1S/C8H20NO2P/c1-8(2)7-11-12(3,10)6-4-5-9/h8H,4-7,9H2,1-3H3. The van der Waals surface area contributed by atoms with Gasteiger partial charge in [-0.2, -0.15) is 0 Å². The van der Waals surface area contributed by atoms with E-state index in [0.29, 0.717) is 25.2 Å². The highest BCUT2D eigenvalue weighted by atomic mass is 31.2. The fraction of sp³-hybridized carbons (Fsp3) is 1.00. The summed E-state index contributed by atoms with van der Waals surface area (Å²) in [6.07, 6.45) is 1.39. The smallest absolute Gasteiger partial charge is 0.200 e. The van der Waals surface area contributed by atoms with Gasteiger partial charge in [0.05, 0.1) is 6.61 Å². The summed E-state index contributed by atoms with van der Waals surface area (Å²) in [5, 5.41) is 0. The molecule has 12 heavy (non-hydrogen) atoms. The third-order valence-electron chi connectivity index (χ3n) is 1.45. The second kappa shape index (κ2) is 5.74. The Balaban J connectivity index is 3.64. The molecule has 4 heteroatoms. The SMILES string of the molecule is CC(C)COP(C)(=O)CCCN. The molecule has 0 bridgehead atoms. The van der Waals surface area contributed by atoms with E-state index in [1.807, 2.05) is 13.8 Å². The summed E-state index contributed by atoms with van der Waals surface area (Å²) in [5.41, 5.74) is 5.31. The average Bonchev–Trinajstić information content (AvgIpc) is 1.98. The molecule has 2 N–H and O–H groups in total. The van der Waals surface area contributed by atoms with Gasteiger partial charge < -0.3 is 10.3 Å². The van der Waals surface area contributed by atoms with Crippen molar-refractivity contribution in [1.82, 2.24) is 0 Å². The predicted octanol–water partition coefficient (Wildman–Crippen LogP) is 1.92. The summed E-state index contributed by atoms with van der Waals surface area (Å²) in [5.74, 6) is 0.441. The Morgan fingerprint density at radius 1 is 1.50 bits per heavy atom. The fourth-order valence-corrected chi connectivity index (χ4v) is 2.25. The fourth-order valence-electron chi connectivity index (χ4n) is 0.750. The Bertz CT molecular complexity index is 159. The molecule has 0 rings (SSSR count). The Labute approximate surface area is 75.1 Å². The summed E-state index contributed by atoms with van der Waals surface area (Å²) in [7, 11) is -2.34. The van der Waals surface area contributed by atoms with Gasteiger partial charge in [-0.3, -0.25) is 4.57 Å². The summed E-state index contributed by atoms with van der Waals surface area (Å²) >= 11 is 0. The first-order valence-corrected chi connectivity index (χ1v) is 6.65. The Morgan fingerprint density at radius 2 is 2.08 bits per heavy atom. The number of rotatable bonds is 6. The summed E-state index contributed by atoms with van der Waals surface area (Å²) in [4.78, 5) is 0. The molecule has 1 atom stereocenters. The second-order valence-electron chi connectivity index (χ2n) is 3.57. The molecule has 0 aromatic heterocycles. The first-order chi connectivity index (χ1) is 5.48. The van der Waals surface area contributed by atoms with Gasteiger partial charge in [-0.05, 0) is 18.9 Å². The van der Waals surface area contributed by atoms with Crippen molar-refractivity contribution < 1.29 is 9.09 Å². The summed E-state index contributed by atoms with van der Waals surface area (Å²) in [6.45, 7) is 6.94. The van der Waals surface area contributed by atoms with E-state index in [-0.39, 0.29) is 0 Å². The van der Waals surface area contributed by atoms with Gasteiger partial charge in [-0.1, -0.05) is 13.8 Å². The van der Waals surface area contributed by atoms with Crippen molar-refractivity contribution in [3.63, 3.8) is 0 Å². The Morgan fingerprint density at radius 3 is 2.50 bits per heavy atom. The van der Waals surface area contributed by atoms with Crippen LogP contribution in [0.2, 0.25) is 0 Å². The lowest BCUT2D eigenvalue weighted by Gasteiger charge is -2.14. The maximum absolute atomic E-state index is 11.6. The molecule has 0 amide bonds. The molecular weight excluding hydrogens is 173 g/mol. The van der Waals surface area contributed by atoms with Gasteiger partial charge in [0.15, 0.2) is 7.37 Å². The predicted molar refractivity (Wildman–Crippen MR) is 52.9 cm³/mol. The van der Waals surface area contributed by atoms with Gasteiger partial charge in [-0.25, -0.2) is 0 Å². The van der Waals surface area contributed by atoms with Gasteiger partial charge in [0.1, 0.15) is 0 Å². The lowest BCUT2D eigenvalue weighted by atomic mass is 10.2. The highest BCUT2D eigenvalue weighted by Crippen LogP contribution is 2.43. The van der Waals surface area contributed by atoms with Gasteiger partial charge in [0, 0.05) is 12.8 Å². The van der Waals surface area contributed by atoms with Crippen molar-refractivity contribution >= 4 is 7.37 Å². The van der Waals surface area contributed by atoms with Crippen LogP contribution >= 0.6 is 7.37 Å². The van der Waals surface area contributed by atoms with E-state index in [1.54, 1.807) is 6.66 Å². The minimum Gasteiger partial charge on any atom is -0.330 e. The lowest BCUT2D eigenvalue weighted by molar-refractivity contribution is 0.273. The lowest BCUT2D eigenvalue weighted by Crippen LogP contribution is -2.05. The zero-order valence-corrected chi connectivity index (χ0v) is 9.14. The maximum Gasteiger partial charge on any atom is 0.200 e. The molecule has 0 fully saturated rings. The molecule has 0 saturated heterocycles. The van der Waals surface area contributed by atoms with Crippen LogP contribution in [0.1, 0.15) is 20.3 Å². The van der Waals surface area contributed by atoms with Gasteiger partial charge in [0.25, 0.3) is 0 Å². The van der Waals surface area contributed by atoms with Crippen molar-refractivity contribution in [2.45, 2.75) is 20.3 Å². The minimum absolute atomic E-state index is 0.441. The van der Waals surface area contributed by atoms with Gasteiger partial charge in [-0.15, -0.1) is 0 Å². The third kappa shape index (κ3) is 6.84. The molecule has 0 aliphatic carbocycles. The molecule has 0 heterocycles. The number of hydrogen-bond acceptors (Lipinski definition) is 3. The van der Waals surface area contributed by atoms with Crippen molar-refractivity contribution in [2.75, 3.05) is 26.0 Å². The van der Waals surface area contributed by atoms with Crippen LogP contribution in [0, 0.1) is 5.92 Å². The molecule has 74 valence electrons. The normalized spacial score (nSPS) is 16.4. The first-order valence-electron chi connectivity index (χ1n) is 4.39. The van der Waals surface area contributed by atoms with E-state index < -0.39 is 7.37 Å². The van der Waals surface area contributed by atoms with Crippen LogP contribution in [-0.4, -0.2) is 26.0 Å². The molecule has 0 spiro atoms. The highest BCUT2D eigenvalue weighted by Gasteiger charge is 2.15. The second-order valence-corrected chi connectivity index (χ2v) is 6.30. The molecule has 0 saturated carbocycles. The molecule has 3 nitrogen and oxygen atoms in total. The molecule has 0 aliphatic heterocycles. The molecule has 0 aromatic carbocycles. The molecule has 0 aromatic rings. The molecule has 1 unspecified atom stereocenters. The summed E-state index contributed by atoms with van der Waals surface area (Å²) in [6, 6.07) is 0. The van der Waals surface area contributed by atoms with Gasteiger partial charge >= 0.3 is 0 Å². The van der Waals surface area contributed by atoms with Crippen molar-refractivity contribution in [3.05, 3.63) is 0 Å². The van der Waals surface area contributed by atoms with Crippen LogP contribution in [-0.2, 0) is 9.09 Å². The number of nitrogens with two attached hydrogens (primary N) is 1. The van der Waals surface area contributed by atoms with Crippen LogP contribution in [0.4, 0.5) is 0 Å². The maximum atomic E-state index is 11.6. The quantitative estimate of drug-likeness (QED) is 0.655. The van der Waals surface area contributed by atoms with Gasteiger partial charge in [0.2, 0.25) is 0 Å². The third-order valence-corrected chi connectivity index (χ3v) is 3.27.